The third-order valence-corrected chi connectivity index (χ3v) is 4.99. The molecule has 3 rings (SSSR count). The third-order valence-electron chi connectivity index (χ3n) is 4.99. The third kappa shape index (κ3) is 5.81. The van der Waals surface area contributed by atoms with Gasteiger partial charge in [-0.3, -0.25) is 9.59 Å². The maximum absolute atomic E-state index is 13.0. The number of amides is 2. The quantitative estimate of drug-likeness (QED) is 0.677. The largest absolute Gasteiger partial charge is 0.491 e. The van der Waals surface area contributed by atoms with E-state index in [9.17, 15) is 9.59 Å². The number of hydrogen-bond acceptors (Lipinski definition) is 5. The van der Waals surface area contributed by atoms with Crippen molar-refractivity contribution < 1.29 is 19.1 Å². The van der Waals surface area contributed by atoms with E-state index < -0.39 is 0 Å². The van der Waals surface area contributed by atoms with Crippen molar-refractivity contribution in [2.24, 2.45) is 0 Å². The number of ether oxygens (including phenoxy) is 2. The fraction of sp³-hybridized carbons (Fsp3) is 0.391. The summed E-state index contributed by atoms with van der Waals surface area (Å²) in [5.41, 5.74) is 1.47. The summed E-state index contributed by atoms with van der Waals surface area (Å²) in [4.78, 5) is 29.8. The molecule has 2 aromatic rings. The van der Waals surface area contributed by atoms with Crippen molar-refractivity contribution in [2.75, 3.05) is 58.4 Å². The highest BCUT2D eigenvalue weighted by molar-refractivity contribution is 6.09. The van der Waals surface area contributed by atoms with Crippen molar-refractivity contribution >= 4 is 17.5 Å². The van der Waals surface area contributed by atoms with Crippen LogP contribution in [0.1, 0.15) is 27.6 Å². The van der Waals surface area contributed by atoms with E-state index in [1.165, 1.54) is 0 Å². The summed E-state index contributed by atoms with van der Waals surface area (Å²) in [7, 11) is 2.05. The van der Waals surface area contributed by atoms with Crippen LogP contribution in [0.2, 0.25) is 0 Å². The van der Waals surface area contributed by atoms with E-state index in [-0.39, 0.29) is 11.8 Å². The molecule has 2 amide bonds. The van der Waals surface area contributed by atoms with Gasteiger partial charge in [-0.25, -0.2) is 0 Å². The Bertz CT molecular complexity index is 863. The van der Waals surface area contributed by atoms with Gasteiger partial charge in [-0.2, -0.15) is 0 Å². The topological polar surface area (TPSA) is 71.1 Å². The van der Waals surface area contributed by atoms with Gasteiger partial charge in [0.25, 0.3) is 11.8 Å². The van der Waals surface area contributed by atoms with Crippen LogP contribution in [0.15, 0.2) is 48.5 Å². The summed E-state index contributed by atoms with van der Waals surface area (Å²) in [5.74, 6) is 0.250. The molecule has 0 unspecified atom stereocenters. The smallest absolute Gasteiger partial charge is 0.256 e. The second-order valence-electron chi connectivity index (χ2n) is 7.17. The molecule has 0 saturated carbocycles. The first kappa shape index (κ1) is 21.8. The van der Waals surface area contributed by atoms with Gasteiger partial charge < -0.3 is 24.6 Å². The Labute approximate surface area is 177 Å². The highest BCUT2D eigenvalue weighted by Crippen LogP contribution is 2.20. The van der Waals surface area contributed by atoms with Gasteiger partial charge in [0.1, 0.15) is 12.4 Å². The SMILES string of the molecule is CCOCCOc1cccc(C(=O)Nc2ccccc2C(=O)N2CCN(C)CC2)c1. The maximum atomic E-state index is 13.0. The first-order valence-electron chi connectivity index (χ1n) is 10.3. The predicted octanol–water partition coefficient (Wildman–Crippen LogP) is 2.74. The summed E-state index contributed by atoms with van der Waals surface area (Å²) in [6, 6.07) is 14.1. The van der Waals surface area contributed by atoms with Crippen LogP contribution in [0.5, 0.6) is 5.75 Å². The molecule has 2 aromatic carbocycles. The molecule has 30 heavy (non-hydrogen) atoms. The van der Waals surface area contributed by atoms with Crippen LogP contribution in [0.3, 0.4) is 0 Å². The molecule has 0 aliphatic carbocycles. The van der Waals surface area contributed by atoms with E-state index >= 15 is 0 Å². The van der Waals surface area contributed by atoms with Gasteiger partial charge in [0.15, 0.2) is 0 Å². The van der Waals surface area contributed by atoms with Gasteiger partial charge in [-0.1, -0.05) is 18.2 Å². The summed E-state index contributed by atoms with van der Waals surface area (Å²) < 4.78 is 10.9. The average Bonchev–Trinajstić information content (AvgIpc) is 2.77. The number of hydrogen-bond donors (Lipinski definition) is 1. The first-order valence-corrected chi connectivity index (χ1v) is 10.3. The minimum absolute atomic E-state index is 0.0630. The number of nitrogens with one attached hydrogen (secondary N) is 1. The number of anilines is 1. The zero-order valence-corrected chi connectivity index (χ0v) is 17.6. The number of piperazine rings is 1. The van der Waals surface area contributed by atoms with E-state index in [1.54, 1.807) is 36.4 Å². The fourth-order valence-corrected chi connectivity index (χ4v) is 3.24. The molecule has 7 heteroatoms. The fourth-order valence-electron chi connectivity index (χ4n) is 3.24. The predicted molar refractivity (Wildman–Crippen MR) is 116 cm³/mol. The van der Waals surface area contributed by atoms with Crippen molar-refractivity contribution in [3.8, 4) is 5.75 Å². The van der Waals surface area contributed by atoms with E-state index in [1.807, 2.05) is 31.0 Å². The lowest BCUT2D eigenvalue weighted by atomic mass is 10.1. The van der Waals surface area contributed by atoms with Crippen molar-refractivity contribution in [3.63, 3.8) is 0 Å². The Balaban J connectivity index is 1.68. The molecular weight excluding hydrogens is 382 g/mol. The summed E-state index contributed by atoms with van der Waals surface area (Å²) >= 11 is 0. The Morgan fingerprint density at radius 3 is 2.53 bits per heavy atom. The normalized spacial score (nSPS) is 14.4. The first-order chi connectivity index (χ1) is 14.6. The molecule has 0 bridgehead atoms. The zero-order valence-electron chi connectivity index (χ0n) is 17.6. The molecule has 1 N–H and O–H groups in total. The van der Waals surface area contributed by atoms with E-state index in [0.29, 0.717) is 55.5 Å². The van der Waals surface area contributed by atoms with Crippen molar-refractivity contribution in [1.29, 1.82) is 0 Å². The average molecular weight is 412 g/mol. The molecule has 0 spiro atoms. The summed E-state index contributed by atoms with van der Waals surface area (Å²) in [6.45, 7) is 6.52. The van der Waals surface area contributed by atoms with Gasteiger partial charge in [0.05, 0.1) is 17.9 Å². The lowest BCUT2D eigenvalue weighted by Crippen LogP contribution is -2.47. The van der Waals surface area contributed by atoms with Crippen LogP contribution in [0.4, 0.5) is 5.69 Å². The van der Waals surface area contributed by atoms with E-state index in [0.717, 1.165) is 13.1 Å². The van der Waals surface area contributed by atoms with Crippen LogP contribution < -0.4 is 10.1 Å². The second-order valence-corrected chi connectivity index (χ2v) is 7.17. The Kier molecular flexibility index (Phi) is 7.82. The van der Waals surface area contributed by atoms with Crippen LogP contribution in [0.25, 0.3) is 0 Å². The molecule has 0 aromatic heterocycles. The standard InChI is InChI=1S/C23H29N3O4/c1-3-29-15-16-30-19-8-6-7-18(17-19)22(27)24-21-10-5-4-9-20(21)23(28)26-13-11-25(2)12-14-26/h4-10,17H,3,11-16H2,1-2H3,(H,24,27). The van der Waals surface area contributed by atoms with Gasteiger partial charge in [-0.15, -0.1) is 0 Å². The zero-order chi connectivity index (χ0) is 21.3. The molecule has 1 aliphatic rings. The van der Waals surface area contributed by atoms with Gasteiger partial charge in [0.2, 0.25) is 0 Å². The molecule has 1 saturated heterocycles. The van der Waals surface area contributed by atoms with Crippen LogP contribution in [-0.2, 0) is 4.74 Å². The Morgan fingerprint density at radius 2 is 1.77 bits per heavy atom. The lowest BCUT2D eigenvalue weighted by molar-refractivity contribution is 0.0665. The molecule has 1 heterocycles. The number of benzene rings is 2. The molecule has 1 aliphatic heterocycles. The van der Waals surface area contributed by atoms with E-state index in [2.05, 4.69) is 10.2 Å². The highest BCUT2D eigenvalue weighted by atomic mass is 16.5. The van der Waals surface area contributed by atoms with Gasteiger partial charge in [-0.05, 0) is 44.3 Å². The highest BCUT2D eigenvalue weighted by Gasteiger charge is 2.23. The lowest BCUT2D eigenvalue weighted by Gasteiger charge is -2.32. The number of nitrogens with zero attached hydrogens (tertiary/aromatic N) is 2. The molecular formula is C23H29N3O4. The number of rotatable bonds is 8. The summed E-state index contributed by atoms with van der Waals surface area (Å²) in [6.07, 6.45) is 0. The van der Waals surface area contributed by atoms with Crippen molar-refractivity contribution in [1.82, 2.24) is 9.80 Å². The number of carbonyl (C=O) groups excluding carboxylic acids is 2. The molecule has 160 valence electrons. The Hall–Kier alpha value is -2.90. The Morgan fingerprint density at radius 1 is 1.00 bits per heavy atom. The molecule has 0 radical (unpaired) electrons. The summed E-state index contributed by atoms with van der Waals surface area (Å²) in [5, 5.41) is 2.88. The second kappa shape index (κ2) is 10.8. The van der Waals surface area contributed by atoms with Gasteiger partial charge >= 0.3 is 0 Å². The van der Waals surface area contributed by atoms with Crippen LogP contribution in [0, 0.1) is 0 Å². The van der Waals surface area contributed by atoms with Gasteiger partial charge in [0, 0.05) is 38.3 Å². The number of carbonyl (C=O) groups is 2. The van der Waals surface area contributed by atoms with Crippen molar-refractivity contribution in [2.45, 2.75) is 6.92 Å². The molecule has 7 nitrogen and oxygen atoms in total. The van der Waals surface area contributed by atoms with E-state index in [4.69, 9.17) is 9.47 Å². The monoisotopic (exact) mass is 411 g/mol. The molecule has 1 fully saturated rings. The molecule has 0 atom stereocenters. The number of para-hydroxylation sites is 1. The van der Waals surface area contributed by atoms with Crippen LogP contribution in [-0.4, -0.2) is 74.7 Å². The van der Waals surface area contributed by atoms with Crippen molar-refractivity contribution in [3.05, 3.63) is 59.7 Å². The maximum Gasteiger partial charge on any atom is 0.256 e. The van der Waals surface area contributed by atoms with Crippen LogP contribution >= 0.6 is 0 Å². The minimum Gasteiger partial charge on any atom is -0.491 e. The minimum atomic E-state index is -0.288. The number of likely N-dealkylation sites (N-methyl/N-ethyl adjacent to an activating group) is 1.